The number of aliphatic hydroxyl groups is 6. The molecular formula is C10H19NO7. The summed E-state index contributed by atoms with van der Waals surface area (Å²) in [6.45, 7) is -0.410. The standard InChI is InChI=1S/C10H19NO7/c12-2-4-8(15)9(16)5(10(17)18-4)6-7(14)3(13)1-11-6/h3-17H,1-2H2/t3-,4-,5-,6-,7+,8-,9-,10?/m1/s1. The van der Waals surface area contributed by atoms with Crippen LogP contribution < -0.4 is 5.32 Å². The van der Waals surface area contributed by atoms with Gasteiger partial charge in [-0.2, -0.15) is 0 Å². The molecule has 0 amide bonds. The highest BCUT2D eigenvalue weighted by atomic mass is 16.6. The number of aliphatic hydroxyl groups excluding tert-OH is 6. The number of β-amino-alcohol motifs (C(OH)–C–C–N with tert-alkyl or cyclic N) is 1. The van der Waals surface area contributed by atoms with E-state index in [9.17, 15) is 25.5 Å². The van der Waals surface area contributed by atoms with Crippen LogP contribution in [0.3, 0.4) is 0 Å². The molecule has 7 N–H and O–H groups in total. The maximum absolute atomic E-state index is 9.94. The van der Waals surface area contributed by atoms with Gasteiger partial charge in [-0.05, 0) is 0 Å². The van der Waals surface area contributed by atoms with Gasteiger partial charge in [-0.15, -0.1) is 0 Å². The SMILES string of the molecule is OC[C@H]1OC(O)[C@H]([C@H]2NC[C@@H](O)[C@@H]2O)[C@@H](O)[C@@H]1O. The van der Waals surface area contributed by atoms with Gasteiger partial charge in [0.1, 0.15) is 12.2 Å². The minimum absolute atomic E-state index is 0.126. The van der Waals surface area contributed by atoms with Crippen molar-refractivity contribution in [3.05, 3.63) is 0 Å². The largest absolute Gasteiger partial charge is 0.394 e. The van der Waals surface area contributed by atoms with E-state index in [2.05, 4.69) is 5.32 Å². The molecule has 18 heavy (non-hydrogen) atoms. The number of hydrogen-bond donors (Lipinski definition) is 7. The highest BCUT2D eigenvalue weighted by Gasteiger charge is 2.51. The van der Waals surface area contributed by atoms with Gasteiger partial charge in [0.15, 0.2) is 6.29 Å². The zero-order chi connectivity index (χ0) is 13.4. The van der Waals surface area contributed by atoms with E-state index in [1.807, 2.05) is 0 Å². The van der Waals surface area contributed by atoms with Crippen LogP contribution in [-0.4, -0.2) is 86.6 Å². The lowest BCUT2D eigenvalue weighted by atomic mass is 9.83. The summed E-state index contributed by atoms with van der Waals surface area (Å²) in [6.07, 6.45) is -7.42. The van der Waals surface area contributed by atoms with Gasteiger partial charge in [-0.1, -0.05) is 0 Å². The number of ether oxygens (including phenoxy) is 1. The normalized spacial score (nSPS) is 53.7. The van der Waals surface area contributed by atoms with Crippen LogP contribution in [0.2, 0.25) is 0 Å². The Balaban J connectivity index is 2.13. The van der Waals surface area contributed by atoms with E-state index in [-0.39, 0.29) is 6.54 Å². The fourth-order valence-corrected chi connectivity index (χ4v) is 2.61. The summed E-state index contributed by atoms with van der Waals surface area (Å²) >= 11 is 0. The van der Waals surface area contributed by atoms with Crippen molar-refractivity contribution in [2.75, 3.05) is 13.2 Å². The first-order valence-electron chi connectivity index (χ1n) is 5.87. The Morgan fingerprint density at radius 2 is 1.67 bits per heavy atom. The Morgan fingerprint density at radius 3 is 2.17 bits per heavy atom. The first kappa shape index (κ1) is 14.1. The van der Waals surface area contributed by atoms with Gasteiger partial charge in [0.05, 0.1) is 30.8 Å². The van der Waals surface area contributed by atoms with Crippen molar-refractivity contribution in [1.29, 1.82) is 0 Å². The van der Waals surface area contributed by atoms with E-state index in [0.717, 1.165) is 0 Å². The Bertz CT molecular complexity index is 291. The summed E-state index contributed by atoms with van der Waals surface area (Å²) in [5.74, 6) is -0.991. The summed E-state index contributed by atoms with van der Waals surface area (Å²) in [7, 11) is 0. The van der Waals surface area contributed by atoms with Crippen molar-refractivity contribution in [3.63, 3.8) is 0 Å². The maximum Gasteiger partial charge on any atom is 0.162 e. The van der Waals surface area contributed by atoms with Crippen molar-refractivity contribution in [2.45, 2.75) is 42.9 Å². The van der Waals surface area contributed by atoms with Crippen molar-refractivity contribution in [2.24, 2.45) is 5.92 Å². The zero-order valence-electron chi connectivity index (χ0n) is 9.62. The van der Waals surface area contributed by atoms with Gasteiger partial charge in [0, 0.05) is 12.6 Å². The quantitative estimate of drug-likeness (QED) is 0.266. The second kappa shape index (κ2) is 5.35. The summed E-state index contributed by atoms with van der Waals surface area (Å²) < 4.78 is 4.99. The number of nitrogens with one attached hydrogen (secondary N) is 1. The Hall–Kier alpha value is -0.320. The fourth-order valence-electron chi connectivity index (χ4n) is 2.61. The van der Waals surface area contributed by atoms with E-state index >= 15 is 0 Å². The van der Waals surface area contributed by atoms with Crippen LogP contribution in [0.25, 0.3) is 0 Å². The lowest BCUT2D eigenvalue weighted by Crippen LogP contribution is -2.62. The van der Waals surface area contributed by atoms with Crippen LogP contribution in [0.5, 0.6) is 0 Å². The molecule has 2 aliphatic rings. The van der Waals surface area contributed by atoms with Crippen LogP contribution in [0.15, 0.2) is 0 Å². The average Bonchev–Trinajstić information content (AvgIpc) is 2.66. The fraction of sp³-hybridized carbons (Fsp3) is 1.00. The molecule has 0 spiro atoms. The van der Waals surface area contributed by atoms with Crippen LogP contribution in [0.1, 0.15) is 0 Å². The molecule has 8 heteroatoms. The van der Waals surface area contributed by atoms with Crippen LogP contribution in [0, 0.1) is 5.92 Å². The lowest BCUT2D eigenvalue weighted by Gasteiger charge is -2.43. The second-order valence-corrected chi connectivity index (χ2v) is 4.80. The van der Waals surface area contributed by atoms with Crippen molar-refractivity contribution >= 4 is 0 Å². The summed E-state index contributed by atoms with van der Waals surface area (Å²) in [5, 5.41) is 60.3. The summed E-state index contributed by atoms with van der Waals surface area (Å²) in [4.78, 5) is 0. The third-order valence-corrected chi connectivity index (χ3v) is 3.69. The van der Waals surface area contributed by atoms with Crippen molar-refractivity contribution in [3.8, 4) is 0 Å². The molecule has 0 aromatic rings. The van der Waals surface area contributed by atoms with E-state index in [0.29, 0.717) is 0 Å². The molecule has 106 valence electrons. The van der Waals surface area contributed by atoms with Crippen LogP contribution in [-0.2, 0) is 4.74 Å². The van der Waals surface area contributed by atoms with E-state index < -0.39 is 55.4 Å². The predicted molar refractivity (Wildman–Crippen MR) is 57.3 cm³/mol. The second-order valence-electron chi connectivity index (χ2n) is 4.80. The minimum Gasteiger partial charge on any atom is -0.394 e. The topological polar surface area (TPSA) is 143 Å². The van der Waals surface area contributed by atoms with Gasteiger partial charge in [-0.3, -0.25) is 0 Å². The smallest absolute Gasteiger partial charge is 0.162 e. The predicted octanol–water partition coefficient (Wildman–Crippen LogP) is -4.27. The number of hydrogen-bond acceptors (Lipinski definition) is 8. The van der Waals surface area contributed by atoms with Crippen molar-refractivity contribution < 1.29 is 35.4 Å². The summed E-state index contributed by atoms with van der Waals surface area (Å²) in [6, 6.07) is -0.792. The van der Waals surface area contributed by atoms with Gasteiger partial charge in [0.25, 0.3) is 0 Å². The molecule has 0 radical (unpaired) electrons. The molecule has 2 fully saturated rings. The van der Waals surface area contributed by atoms with Crippen molar-refractivity contribution in [1.82, 2.24) is 5.32 Å². The third-order valence-electron chi connectivity index (χ3n) is 3.69. The molecule has 8 nitrogen and oxygen atoms in total. The Morgan fingerprint density at radius 1 is 1.00 bits per heavy atom. The van der Waals surface area contributed by atoms with Crippen LogP contribution >= 0.6 is 0 Å². The molecule has 0 bridgehead atoms. The maximum atomic E-state index is 9.94. The molecule has 2 aliphatic heterocycles. The third kappa shape index (κ3) is 2.26. The Labute approximate surface area is 103 Å². The Kier molecular flexibility index (Phi) is 4.19. The zero-order valence-corrected chi connectivity index (χ0v) is 9.62. The molecule has 2 saturated heterocycles. The number of rotatable bonds is 2. The highest BCUT2D eigenvalue weighted by molar-refractivity contribution is 5.01. The molecule has 1 unspecified atom stereocenters. The average molecular weight is 265 g/mol. The van der Waals surface area contributed by atoms with Gasteiger partial charge in [-0.25, -0.2) is 0 Å². The monoisotopic (exact) mass is 265 g/mol. The van der Waals surface area contributed by atoms with E-state index in [4.69, 9.17) is 9.84 Å². The molecule has 2 heterocycles. The molecular weight excluding hydrogens is 246 g/mol. The van der Waals surface area contributed by atoms with Crippen LogP contribution in [0.4, 0.5) is 0 Å². The van der Waals surface area contributed by atoms with Gasteiger partial charge < -0.3 is 40.7 Å². The van der Waals surface area contributed by atoms with Gasteiger partial charge in [0.2, 0.25) is 0 Å². The summed E-state index contributed by atoms with van der Waals surface area (Å²) in [5.41, 5.74) is 0. The highest BCUT2D eigenvalue weighted by Crippen LogP contribution is 2.31. The van der Waals surface area contributed by atoms with Gasteiger partial charge >= 0.3 is 0 Å². The molecule has 0 saturated carbocycles. The first-order valence-corrected chi connectivity index (χ1v) is 5.87. The molecule has 2 rings (SSSR count). The minimum atomic E-state index is -1.45. The molecule has 0 aliphatic carbocycles. The van der Waals surface area contributed by atoms with E-state index in [1.54, 1.807) is 0 Å². The molecule has 8 atom stereocenters. The lowest BCUT2D eigenvalue weighted by molar-refractivity contribution is -0.277. The first-order chi connectivity index (χ1) is 8.47. The van der Waals surface area contributed by atoms with E-state index in [1.165, 1.54) is 0 Å². The molecule has 0 aromatic carbocycles. The molecule has 0 aromatic heterocycles.